The lowest BCUT2D eigenvalue weighted by molar-refractivity contribution is -0.199. The molecule has 2 aromatic carbocycles. The monoisotopic (exact) mass is 917 g/mol. The second-order valence-electron chi connectivity index (χ2n) is 16.9. The highest BCUT2D eigenvalue weighted by atomic mass is 35.5. The van der Waals surface area contributed by atoms with Crippen LogP contribution < -0.4 is 15.2 Å². The predicted octanol–water partition coefficient (Wildman–Crippen LogP) is 8.46. The fourth-order valence-electron chi connectivity index (χ4n) is 9.00. The SMILES string of the molecule is C.C.CC1(C)O[C@@H]2[C@H](O1)[C@@H](COc1ccc3cccnc3c1)O[C@H]2n1ccc2c(Cl)ncnc21.CC1(C)O[C@@H]2[C@H](O1)[C@@H](COc1ccc3cccnc3c1)O[C@H]2n1ccc2c(N)ncnc21. The zero-order valence-electron chi connectivity index (χ0n) is 35.2. The molecule has 4 aliphatic heterocycles. The van der Waals surface area contributed by atoms with E-state index in [1.165, 1.54) is 12.7 Å². The number of hydrogen-bond donors (Lipinski definition) is 1. The largest absolute Gasteiger partial charge is 0.491 e. The lowest BCUT2D eigenvalue weighted by atomic mass is 10.1. The van der Waals surface area contributed by atoms with E-state index in [0.717, 1.165) is 44.1 Å². The van der Waals surface area contributed by atoms with Crippen molar-refractivity contribution in [3.05, 3.63) is 115 Å². The molecule has 12 rings (SSSR count). The van der Waals surface area contributed by atoms with Gasteiger partial charge in [0.2, 0.25) is 0 Å². The number of anilines is 1. The predicted molar refractivity (Wildman–Crippen MR) is 248 cm³/mol. The van der Waals surface area contributed by atoms with Gasteiger partial charge in [-0.25, -0.2) is 19.9 Å². The molecule has 4 fully saturated rings. The summed E-state index contributed by atoms with van der Waals surface area (Å²) in [4.78, 5) is 25.7. The van der Waals surface area contributed by atoms with Crippen LogP contribution in [0.4, 0.5) is 5.82 Å². The molecule has 4 saturated heterocycles. The summed E-state index contributed by atoms with van der Waals surface area (Å²) in [6.07, 6.45) is 7.47. The molecule has 0 unspecified atom stereocenters. The van der Waals surface area contributed by atoms with Crippen molar-refractivity contribution in [2.45, 2.75) is 103 Å². The van der Waals surface area contributed by atoms with Gasteiger partial charge in [-0.2, -0.15) is 0 Å². The second kappa shape index (κ2) is 17.6. The standard InChI is InChI=1S/C23H21ClN4O4.C23H23N5O4.2CH4/c2*1-23(2)31-18-17(11-29-14-6-5-13-4-3-8-25-16(13)10-14)30-22(19(18)32-23)28-9-7-15-20(24)26-12-27-21(15)28;;/h3-10,12,17-19,22H,11H2,1-2H3;3-10,12,17-19,22H,11H2,1-2H3,(H2,24,26,27);2*1H4/t2*17-,18-,19-,22-;;/m11../s1. The van der Waals surface area contributed by atoms with Gasteiger partial charge in [0, 0.05) is 47.7 Å². The van der Waals surface area contributed by atoms with E-state index in [1.54, 1.807) is 12.4 Å². The van der Waals surface area contributed by atoms with E-state index in [2.05, 4.69) is 29.9 Å². The van der Waals surface area contributed by atoms with E-state index in [-0.39, 0.29) is 51.5 Å². The van der Waals surface area contributed by atoms with Crippen LogP contribution in [-0.4, -0.2) is 100 Å². The van der Waals surface area contributed by atoms with Crippen LogP contribution >= 0.6 is 11.6 Å². The molecule has 0 amide bonds. The molecule has 4 aliphatic rings. The number of aromatic nitrogens is 8. The molecular weight excluding hydrogens is 866 g/mol. The van der Waals surface area contributed by atoms with Crippen molar-refractivity contribution in [2.24, 2.45) is 0 Å². The number of rotatable bonds is 8. The molecule has 344 valence electrons. The number of halogens is 1. The van der Waals surface area contributed by atoms with Gasteiger partial charge in [-0.3, -0.25) is 9.97 Å². The number of pyridine rings is 2. The molecule has 0 spiro atoms. The number of nitrogens with zero attached hydrogens (tertiary/aromatic N) is 8. The molecule has 18 heteroatoms. The van der Waals surface area contributed by atoms with Gasteiger partial charge in [-0.1, -0.05) is 38.6 Å². The minimum Gasteiger partial charge on any atom is -0.491 e. The molecule has 8 atom stereocenters. The Labute approximate surface area is 386 Å². The van der Waals surface area contributed by atoms with E-state index in [1.807, 2.05) is 122 Å². The summed E-state index contributed by atoms with van der Waals surface area (Å²) in [7, 11) is 0. The number of fused-ring (bicyclic) bond motifs is 6. The molecule has 0 bridgehead atoms. The molecule has 66 heavy (non-hydrogen) atoms. The van der Waals surface area contributed by atoms with Gasteiger partial charge in [-0.05, 0) is 76.2 Å². The first-order valence-corrected chi connectivity index (χ1v) is 21.4. The first-order chi connectivity index (χ1) is 31.0. The van der Waals surface area contributed by atoms with Gasteiger partial charge in [0.05, 0.1) is 21.8 Å². The summed E-state index contributed by atoms with van der Waals surface area (Å²) < 4.78 is 53.6. The van der Waals surface area contributed by atoms with Crippen LogP contribution in [0.5, 0.6) is 11.5 Å². The Morgan fingerprint density at radius 3 is 1.59 bits per heavy atom. The van der Waals surface area contributed by atoms with Gasteiger partial charge in [0.25, 0.3) is 0 Å². The van der Waals surface area contributed by atoms with E-state index in [4.69, 9.17) is 55.2 Å². The number of hydrogen-bond acceptors (Lipinski definition) is 15. The fraction of sp³-hybridized carbons (Fsp3) is 0.375. The Morgan fingerprint density at radius 2 is 1.06 bits per heavy atom. The van der Waals surface area contributed by atoms with Gasteiger partial charge < -0.3 is 52.8 Å². The van der Waals surface area contributed by atoms with Crippen LogP contribution in [-0.2, 0) is 28.4 Å². The Bertz CT molecular complexity index is 2820. The normalized spacial score (nSPS) is 25.8. The summed E-state index contributed by atoms with van der Waals surface area (Å²) in [6, 6.07) is 23.3. The van der Waals surface area contributed by atoms with Crippen molar-refractivity contribution in [1.29, 1.82) is 0 Å². The number of benzene rings is 2. The Balaban J connectivity index is 0.000000161. The molecule has 17 nitrogen and oxygen atoms in total. The lowest BCUT2D eigenvalue weighted by Gasteiger charge is -2.25. The quantitative estimate of drug-likeness (QED) is 0.143. The molecule has 10 heterocycles. The highest BCUT2D eigenvalue weighted by Crippen LogP contribution is 2.46. The van der Waals surface area contributed by atoms with Crippen LogP contribution in [0.3, 0.4) is 0 Å². The molecule has 0 aliphatic carbocycles. The maximum Gasteiger partial charge on any atom is 0.164 e. The van der Waals surface area contributed by atoms with Gasteiger partial charge in [0.15, 0.2) is 24.0 Å². The topological polar surface area (TPSA) is 187 Å². The van der Waals surface area contributed by atoms with E-state index >= 15 is 0 Å². The van der Waals surface area contributed by atoms with Crippen LogP contribution in [0.15, 0.2) is 110 Å². The van der Waals surface area contributed by atoms with Crippen LogP contribution in [0.25, 0.3) is 43.9 Å². The molecule has 8 aromatic rings. The average molecular weight is 918 g/mol. The third-order valence-corrected chi connectivity index (χ3v) is 12.1. The maximum atomic E-state index is 6.39. The number of ether oxygens (including phenoxy) is 8. The van der Waals surface area contributed by atoms with Crippen molar-refractivity contribution in [2.75, 3.05) is 18.9 Å². The summed E-state index contributed by atoms with van der Waals surface area (Å²) in [5, 5.41) is 4.06. The third-order valence-electron chi connectivity index (χ3n) is 11.8. The third kappa shape index (κ3) is 8.36. The Kier molecular flexibility index (Phi) is 12.1. The van der Waals surface area contributed by atoms with Gasteiger partial charge in [-0.15, -0.1) is 0 Å². The average Bonchev–Trinajstić information content (AvgIpc) is 4.14. The van der Waals surface area contributed by atoms with Gasteiger partial charge in [0.1, 0.15) is 96.3 Å². The highest BCUT2D eigenvalue weighted by Gasteiger charge is 2.57. The molecule has 0 saturated carbocycles. The molecule has 2 N–H and O–H groups in total. The van der Waals surface area contributed by atoms with E-state index < -0.39 is 24.0 Å². The van der Waals surface area contributed by atoms with Crippen LogP contribution in [0, 0.1) is 0 Å². The second-order valence-corrected chi connectivity index (χ2v) is 17.3. The van der Waals surface area contributed by atoms with Crippen molar-refractivity contribution in [3.63, 3.8) is 0 Å². The van der Waals surface area contributed by atoms with Crippen LogP contribution in [0.2, 0.25) is 5.15 Å². The highest BCUT2D eigenvalue weighted by molar-refractivity contribution is 6.33. The minimum absolute atomic E-state index is 0. The van der Waals surface area contributed by atoms with E-state index in [0.29, 0.717) is 35.5 Å². The Morgan fingerprint density at radius 1 is 0.591 bits per heavy atom. The van der Waals surface area contributed by atoms with Crippen molar-refractivity contribution < 1.29 is 37.9 Å². The summed E-state index contributed by atoms with van der Waals surface area (Å²) in [6.45, 7) is 8.24. The zero-order chi connectivity index (χ0) is 43.7. The molecule has 0 radical (unpaired) electrons. The van der Waals surface area contributed by atoms with Crippen molar-refractivity contribution in [3.8, 4) is 11.5 Å². The van der Waals surface area contributed by atoms with Crippen molar-refractivity contribution in [1.82, 2.24) is 39.0 Å². The van der Waals surface area contributed by atoms with E-state index in [9.17, 15) is 0 Å². The first kappa shape index (κ1) is 45.1. The maximum absolute atomic E-state index is 6.39. The summed E-state index contributed by atoms with van der Waals surface area (Å²) in [5.41, 5.74) is 9.15. The minimum atomic E-state index is -0.724. The van der Waals surface area contributed by atoms with Gasteiger partial charge >= 0.3 is 0 Å². The zero-order valence-corrected chi connectivity index (χ0v) is 36.0. The molecular formula is C48H52ClN9O8. The summed E-state index contributed by atoms with van der Waals surface area (Å²) in [5.74, 6) is 0.433. The number of nitrogen functional groups attached to an aromatic ring is 1. The van der Waals surface area contributed by atoms with Crippen molar-refractivity contribution >= 4 is 61.3 Å². The lowest BCUT2D eigenvalue weighted by Crippen LogP contribution is -2.33. The smallest absolute Gasteiger partial charge is 0.164 e. The molecule has 6 aromatic heterocycles. The summed E-state index contributed by atoms with van der Waals surface area (Å²) >= 11 is 6.24. The Hall–Kier alpha value is -6.05. The fourth-order valence-corrected chi connectivity index (χ4v) is 9.20. The number of nitrogens with two attached hydrogens (primary N) is 1. The van der Waals surface area contributed by atoms with Crippen LogP contribution in [0.1, 0.15) is 55.0 Å². The first-order valence-electron chi connectivity index (χ1n) is 21.0.